The maximum absolute atomic E-state index is 14.6. The summed E-state index contributed by atoms with van der Waals surface area (Å²) in [6, 6.07) is 0. The predicted octanol–water partition coefficient (Wildman–Crippen LogP) is 6.96. The van der Waals surface area contributed by atoms with E-state index >= 15 is 0 Å². The molecule has 2 radical (unpaired) electrons. The molecule has 0 N–H and O–H groups in total. The van der Waals surface area contributed by atoms with Crippen molar-refractivity contribution in [3.63, 3.8) is 0 Å². The van der Waals surface area contributed by atoms with Gasteiger partial charge in [-0.3, -0.25) is 4.79 Å². The zero-order valence-corrected chi connectivity index (χ0v) is 25.9. The maximum Gasteiger partial charge on any atom is 0.242 e. The van der Waals surface area contributed by atoms with Gasteiger partial charge < -0.3 is 13.9 Å². The summed E-state index contributed by atoms with van der Waals surface area (Å²) in [4.78, 5) is 31.6. The minimum absolute atomic E-state index is 0.0341. The standard InChI is InChI=1S/C34H43N3O4/c1-29(2)12-14-34(28-37-36-25(41-28)19-40-9)15-13-33(7)26(20(34)17-29)22(38)16-24-31(5)18-21(35-8)27(39)30(3,4)23(31)10-11-32(24,33)6/h16,18,23H,10-15,17,19H2,1-7,9H3/t23-,31-,32+,33+,34-/m0/s1. The highest BCUT2D eigenvalue weighted by atomic mass is 16.5. The Morgan fingerprint density at radius 3 is 2.39 bits per heavy atom. The Morgan fingerprint density at radius 2 is 1.71 bits per heavy atom. The lowest BCUT2D eigenvalue weighted by molar-refractivity contribution is -0.133. The van der Waals surface area contributed by atoms with E-state index in [2.05, 4.69) is 49.7 Å². The van der Waals surface area contributed by atoms with Crippen molar-refractivity contribution < 1.29 is 18.7 Å². The molecule has 218 valence electrons. The highest BCUT2D eigenvalue weighted by Crippen LogP contribution is 2.75. The summed E-state index contributed by atoms with van der Waals surface area (Å²) in [7, 11) is 1.62. The van der Waals surface area contributed by atoms with Crippen molar-refractivity contribution in [2.75, 3.05) is 7.11 Å². The average molecular weight is 558 g/mol. The van der Waals surface area contributed by atoms with E-state index in [0.717, 1.165) is 56.4 Å². The lowest BCUT2D eigenvalue weighted by Gasteiger charge is -2.68. The van der Waals surface area contributed by atoms with Crippen molar-refractivity contribution in [2.45, 2.75) is 105 Å². The molecule has 1 heterocycles. The van der Waals surface area contributed by atoms with E-state index in [9.17, 15) is 9.59 Å². The van der Waals surface area contributed by atoms with Gasteiger partial charge in [0.1, 0.15) is 6.61 Å². The first-order chi connectivity index (χ1) is 19.1. The summed E-state index contributed by atoms with van der Waals surface area (Å²) >= 11 is 0. The van der Waals surface area contributed by atoms with Gasteiger partial charge >= 0.3 is 0 Å². The topological polar surface area (TPSA) is 86.7 Å². The summed E-state index contributed by atoms with van der Waals surface area (Å²) in [5.74, 6) is 3.23. The van der Waals surface area contributed by atoms with Gasteiger partial charge in [0.25, 0.3) is 0 Å². The summed E-state index contributed by atoms with van der Waals surface area (Å²) in [6.07, 6.45) is 9.95. The summed E-state index contributed by atoms with van der Waals surface area (Å²) in [5, 5.41) is 8.84. The van der Waals surface area contributed by atoms with E-state index in [0.29, 0.717) is 11.8 Å². The third-order valence-corrected chi connectivity index (χ3v) is 12.3. The third-order valence-electron chi connectivity index (χ3n) is 12.3. The van der Waals surface area contributed by atoms with Crippen LogP contribution < -0.4 is 0 Å². The molecule has 7 nitrogen and oxygen atoms in total. The molecule has 6 rings (SSSR count). The molecule has 0 bridgehead atoms. The van der Waals surface area contributed by atoms with Crippen molar-refractivity contribution in [3.05, 3.63) is 58.5 Å². The lowest BCUT2D eigenvalue weighted by Crippen LogP contribution is -2.64. The number of allylic oxidation sites excluding steroid dienone is 4. The summed E-state index contributed by atoms with van der Waals surface area (Å²) in [5.41, 5.74) is -0.974. The van der Waals surface area contributed by atoms with E-state index in [1.807, 2.05) is 26.0 Å². The number of carbonyl (C=O) groups is 2. The van der Waals surface area contributed by atoms with Crippen LogP contribution in [0.2, 0.25) is 0 Å². The first kappa shape index (κ1) is 28.5. The Labute approximate surface area is 244 Å². The number of fused-ring (bicyclic) bond motifs is 7. The summed E-state index contributed by atoms with van der Waals surface area (Å²) in [6.45, 7) is 23.4. The molecule has 41 heavy (non-hydrogen) atoms. The van der Waals surface area contributed by atoms with Gasteiger partial charge in [0.15, 0.2) is 11.6 Å². The smallest absolute Gasteiger partial charge is 0.242 e. The van der Waals surface area contributed by atoms with Crippen molar-refractivity contribution in [3.8, 4) is 0 Å². The van der Waals surface area contributed by atoms with Crippen LogP contribution in [-0.2, 0) is 26.3 Å². The molecule has 3 fully saturated rings. The number of hydrogen-bond donors (Lipinski definition) is 0. The van der Waals surface area contributed by atoms with Crippen molar-refractivity contribution >= 4 is 11.6 Å². The number of ketones is 2. The molecule has 0 amide bonds. The highest BCUT2D eigenvalue weighted by molar-refractivity contribution is 6.08. The fourth-order valence-corrected chi connectivity index (χ4v) is 9.86. The third kappa shape index (κ3) is 3.58. The van der Waals surface area contributed by atoms with Gasteiger partial charge in [0, 0.05) is 23.9 Å². The zero-order valence-electron chi connectivity index (χ0n) is 25.9. The number of hydrogen-bond acceptors (Lipinski definition) is 6. The number of Topliss-reactive ketones (excluding diaryl/α,β-unsaturated/α-hetero) is 1. The van der Waals surface area contributed by atoms with Crippen molar-refractivity contribution in [1.29, 1.82) is 0 Å². The lowest BCUT2D eigenvalue weighted by atomic mass is 9.34. The minimum Gasteiger partial charge on any atom is -0.422 e. The molecule has 1 aromatic rings. The zero-order chi connectivity index (χ0) is 29.8. The molecular formula is C34H43N3O4. The van der Waals surface area contributed by atoms with Crippen LogP contribution in [0.1, 0.15) is 105 Å². The number of nitrogens with zero attached hydrogens (tertiary/aromatic N) is 3. The monoisotopic (exact) mass is 557 g/mol. The van der Waals surface area contributed by atoms with Gasteiger partial charge in [-0.05, 0) is 73.2 Å². The molecule has 5 aliphatic rings. The van der Waals surface area contributed by atoms with E-state index in [-0.39, 0.29) is 46.0 Å². The predicted molar refractivity (Wildman–Crippen MR) is 154 cm³/mol. The number of aromatic nitrogens is 2. The van der Waals surface area contributed by atoms with E-state index in [1.165, 1.54) is 5.92 Å². The number of carbonyl (C=O) groups excluding carboxylic acids is 2. The van der Waals surface area contributed by atoms with Crippen molar-refractivity contribution in [2.24, 2.45) is 33.0 Å². The molecule has 3 saturated carbocycles. The minimum atomic E-state index is -0.665. The Bertz CT molecular complexity index is 1430. The van der Waals surface area contributed by atoms with Crippen LogP contribution in [0, 0.1) is 51.4 Å². The van der Waals surface area contributed by atoms with E-state index < -0.39 is 16.2 Å². The summed E-state index contributed by atoms with van der Waals surface area (Å²) < 4.78 is 11.5. The Hall–Kier alpha value is -2.59. The number of rotatable bonds is 3. The van der Waals surface area contributed by atoms with Crippen LogP contribution in [0.25, 0.3) is 4.85 Å². The number of ether oxygens (including phenoxy) is 1. The first-order valence-electron chi connectivity index (χ1n) is 15.1. The molecular weight excluding hydrogens is 514 g/mol. The molecule has 1 aromatic heterocycles. The second-order valence-electron chi connectivity index (χ2n) is 15.4. The number of methoxy groups -OCH3 is 1. The van der Waals surface area contributed by atoms with Crippen LogP contribution in [0.4, 0.5) is 0 Å². The maximum atomic E-state index is 14.6. The fourth-order valence-electron chi connectivity index (χ4n) is 9.86. The average Bonchev–Trinajstić information content (AvgIpc) is 3.37. The van der Waals surface area contributed by atoms with Crippen LogP contribution in [0.5, 0.6) is 0 Å². The van der Waals surface area contributed by atoms with Crippen LogP contribution in [-0.4, -0.2) is 28.9 Å². The molecule has 7 heteroatoms. The quantitative estimate of drug-likeness (QED) is 0.374. The van der Waals surface area contributed by atoms with Gasteiger partial charge in [-0.1, -0.05) is 60.1 Å². The molecule has 5 aliphatic carbocycles. The molecule has 0 aromatic carbocycles. The first-order valence-corrected chi connectivity index (χ1v) is 15.1. The van der Waals surface area contributed by atoms with Gasteiger partial charge in [0.2, 0.25) is 17.5 Å². The van der Waals surface area contributed by atoms with Gasteiger partial charge in [-0.2, -0.15) is 0 Å². The molecule has 0 unspecified atom stereocenters. The fraction of sp³-hybridized carbons (Fsp3) is 0.676. The molecule has 0 aliphatic heterocycles. The normalized spacial score (nSPS) is 39.9. The highest BCUT2D eigenvalue weighted by Gasteiger charge is 2.71. The Morgan fingerprint density at radius 1 is 1.00 bits per heavy atom. The Kier molecular flexibility index (Phi) is 6.07. The van der Waals surface area contributed by atoms with Gasteiger partial charge in [-0.25, -0.2) is 4.85 Å². The second-order valence-corrected chi connectivity index (χ2v) is 15.4. The largest absolute Gasteiger partial charge is 0.422 e. The van der Waals surface area contributed by atoms with Crippen LogP contribution in [0.15, 0.2) is 27.8 Å². The second kappa shape index (κ2) is 8.72. The van der Waals surface area contributed by atoms with E-state index in [4.69, 9.17) is 15.7 Å². The van der Waals surface area contributed by atoms with Gasteiger partial charge in [0.05, 0.1) is 17.9 Å². The van der Waals surface area contributed by atoms with Crippen LogP contribution >= 0.6 is 0 Å². The Balaban J connectivity index is 1.51. The van der Waals surface area contributed by atoms with Crippen molar-refractivity contribution in [1.82, 2.24) is 10.2 Å². The molecule has 5 atom stereocenters. The molecule has 0 saturated heterocycles. The SMILES string of the molecule is [C-]#[N+]C1=C[C@]2(C)C3=CC(=O)[C]4[C]5CC(C)(C)CC[C@]5(c5nnc(COC)o5)CC[C@@]4(C)[C@]3(C)CC[C@H]2C(C)(C)C1=O. The van der Waals surface area contributed by atoms with Gasteiger partial charge in [-0.15, -0.1) is 10.2 Å². The van der Waals surface area contributed by atoms with E-state index in [1.54, 1.807) is 7.11 Å². The van der Waals surface area contributed by atoms with Crippen LogP contribution in [0.3, 0.4) is 0 Å². The molecule has 0 spiro atoms.